The van der Waals surface area contributed by atoms with Gasteiger partial charge in [-0.2, -0.15) is 0 Å². The van der Waals surface area contributed by atoms with Crippen LogP contribution in [0.2, 0.25) is 0 Å². The number of nitrogens with zero attached hydrogens (tertiary/aromatic N) is 1. The van der Waals surface area contributed by atoms with E-state index in [2.05, 4.69) is 44.9 Å². The van der Waals surface area contributed by atoms with Gasteiger partial charge in [0.15, 0.2) is 0 Å². The normalized spacial score (nSPS) is 17.1. The van der Waals surface area contributed by atoms with Crippen molar-refractivity contribution in [2.24, 2.45) is 5.73 Å². The summed E-state index contributed by atoms with van der Waals surface area (Å²) < 4.78 is 0. The number of likely N-dealkylation sites (N-methyl/N-ethyl adjacent to an activating group) is 1. The Morgan fingerprint density at radius 2 is 1.88 bits per heavy atom. The average molecular weight is 220 g/mol. The number of hydrogen-bond acceptors (Lipinski definition) is 2. The van der Waals surface area contributed by atoms with Crippen LogP contribution in [0, 0.1) is 0 Å². The summed E-state index contributed by atoms with van der Waals surface area (Å²) in [4.78, 5) is 2.33. The van der Waals surface area contributed by atoms with E-state index in [-0.39, 0.29) is 5.54 Å². The third-order valence-corrected chi connectivity index (χ3v) is 3.35. The predicted molar refractivity (Wildman–Crippen MR) is 70.4 cm³/mol. The Kier molecular flexibility index (Phi) is 4.51. The Morgan fingerprint density at radius 3 is 2.38 bits per heavy atom. The Bertz CT molecular complexity index is 306. The maximum absolute atomic E-state index is 6.39. The second-order valence-electron chi connectivity index (χ2n) is 4.96. The van der Waals surface area contributed by atoms with Gasteiger partial charge in [0.1, 0.15) is 0 Å². The summed E-state index contributed by atoms with van der Waals surface area (Å²) >= 11 is 0. The van der Waals surface area contributed by atoms with E-state index in [0.717, 1.165) is 13.0 Å². The van der Waals surface area contributed by atoms with Crippen LogP contribution in [0.1, 0.15) is 32.8 Å². The van der Waals surface area contributed by atoms with Crippen molar-refractivity contribution in [1.29, 1.82) is 0 Å². The van der Waals surface area contributed by atoms with Gasteiger partial charge in [-0.3, -0.25) is 0 Å². The molecule has 1 aromatic rings. The van der Waals surface area contributed by atoms with Crippen molar-refractivity contribution < 1.29 is 0 Å². The fourth-order valence-corrected chi connectivity index (χ4v) is 1.90. The molecule has 0 saturated carbocycles. The molecule has 0 heterocycles. The highest BCUT2D eigenvalue weighted by atomic mass is 15.1. The number of rotatable bonds is 5. The summed E-state index contributed by atoms with van der Waals surface area (Å²) in [5, 5.41) is 0. The standard InChI is InChI=1S/C14H24N2/c1-5-12(2)16(4)11-14(3,15)13-9-7-6-8-10-13/h6-10,12H,5,11,15H2,1-4H3. The monoisotopic (exact) mass is 220 g/mol. The van der Waals surface area contributed by atoms with Gasteiger partial charge in [0.2, 0.25) is 0 Å². The van der Waals surface area contributed by atoms with Crippen LogP contribution in [-0.4, -0.2) is 24.5 Å². The van der Waals surface area contributed by atoms with Gasteiger partial charge < -0.3 is 10.6 Å². The molecule has 2 unspecified atom stereocenters. The van der Waals surface area contributed by atoms with Gasteiger partial charge in [-0.05, 0) is 32.9 Å². The fraction of sp³-hybridized carbons (Fsp3) is 0.571. The van der Waals surface area contributed by atoms with Crippen LogP contribution >= 0.6 is 0 Å². The molecule has 0 spiro atoms. The molecule has 90 valence electrons. The quantitative estimate of drug-likeness (QED) is 0.826. The maximum atomic E-state index is 6.39. The van der Waals surface area contributed by atoms with E-state index >= 15 is 0 Å². The highest BCUT2D eigenvalue weighted by Gasteiger charge is 2.24. The summed E-state index contributed by atoms with van der Waals surface area (Å²) in [5.41, 5.74) is 7.31. The molecule has 16 heavy (non-hydrogen) atoms. The lowest BCUT2D eigenvalue weighted by atomic mass is 9.92. The lowest BCUT2D eigenvalue weighted by Crippen LogP contribution is -2.46. The zero-order valence-corrected chi connectivity index (χ0v) is 10.9. The van der Waals surface area contributed by atoms with E-state index in [4.69, 9.17) is 5.73 Å². The van der Waals surface area contributed by atoms with Gasteiger partial charge in [-0.1, -0.05) is 37.3 Å². The Morgan fingerprint density at radius 1 is 1.31 bits per heavy atom. The van der Waals surface area contributed by atoms with Gasteiger partial charge in [0.05, 0.1) is 5.54 Å². The molecule has 0 radical (unpaired) electrons. The molecule has 0 saturated heterocycles. The average Bonchev–Trinajstić information content (AvgIpc) is 2.28. The van der Waals surface area contributed by atoms with Crippen LogP contribution in [0.15, 0.2) is 30.3 Å². The Balaban J connectivity index is 2.72. The Hall–Kier alpha value is -0.860. The summed E-state index contributed by atoms with van der Waals surface area (Å²) in [5.74, 6) is 0. The molecule has 2 nitrogen and oxygen atoms in total. The van der Waals surface area contributed by atoms with Crippen LogP contribution in [-0.2, 0) is 5.54 Å². The first-order valence-corrected chi connectivity index (χ1v) is 6.02. The highest BCUT2D eigenvalue weighted by Crippen LogP contribution is 2.19. The topological polar surface area (TPSA) is 29.3 Å². The van der Waals surface area contributed by atoms with Gasteiger partial charge in [0.25, 0.3) is 0 Å². The first-order valence-electron chi connectivity index (χ1n) is 6.02. The van der Waals surface area contributed by atoms with Gasteiger partial charge >= 0.3 is 0 Å². The minimum absolute atomic E-state index is 0.278. The second-order valence-corrected chi connectivity index (χ2v) is 4.96. The van der Waals surface area contributed by atoms with Crippen LogP contribution in [0.3, 0.4) is 0 Å². The molecule has 0 aliphatic rings. The third kappa shape index (κ3) is 3.32. The predicted octanol–water partition coefficient (Wildman–Crippen LogP) is 2.59. The van der Waals surface area contributed by atoms with Crippen molar-refractivity contribution in [2.45, 2.75) is 38.8 Å². The lowest BCUT2D eigenvalue weighted by Gasteiger charge is -2.33. The van der Waals surface area contributed by atoms with Crippen LogP contribution < -0.4 is 5.73 Å². The maximum Gasteiger partial charge on any atom is 0.0509 e. The molecule has 1 rings (SSSR count). The molecule has 0 aliphatic carbocycles. The Labute approximate surface area is 99.5 Å². The molecule has 0 amide bonds. The number of nitrogens with two attached hydrogens (primary N) is 1. The van der Waals surface area contributed by atoms with Gasteiger partial charge in [0, 0.05) is 12.6 Å². The van der Waals surface area contributed by atoms with Crippen molar-refractivity contribution >= 4 is 0 Å². The molecule has 0 aliphatic heterocycles. The number of hydrogen-bond donors (Lipinski definition) is 1. The van der Waals surface area contributed by atoms with Crippen molar-refractivity contribution in [3.63, 3.8) is 0 Å². The number of benzene rings is 1. The largest absolute Gasteiger partial charge is 0.321 e. The van der Waals surface area contributed by atoms with E-state index in [0.29, 0.717) is 6.04 Å². The van der Waals surface area contributed by atoms with Crippen LogP contribution in [0.5, 0.6) is 0 Å². The third-order valence-electron chi connectivity index (χ3n) is 3.35. The molecule has 0 bridgehead atoms. The minimum Gasteiger partial charge on any atom is -0.321 e. The van der Waals surface area contributed by atoms with Crippen molar-refractivity contribution in [1.82, 2.24) is 4.90 Å². The van der Waals surface area contributed by atoms with E-state index in [1.54, 1.807) is 0 Å². The molecular weight excluding hydrogens is 196 g/mol. The first-order chi connectivity index (χ1) is 7.47. The van der Waals surface area contributed by atoms with Crippen LogP contribution in [0.4, 0.5) is 0 Å². The van der Waals surface area contributed by atoms with Gasteiger partial charge in [-0.15, -0.1) is 0 Å². The summed E-state index contributed by atoms with van der Waals surface area (Å²) in [7, 11) is 2.14. The minimum atomic E-state index is -0.278. The fourth-order valence-electron chi connectivity index (χ4n) is 1.90. The molecule has 0 fully saturated rings. The molecule has 2 heteroatoms. The van der Waals surface area contributed by atoms with Crippen molar-refractivity contribution in [2.75, 3.05) is 13.6 Å². The van der Waals surface area contributed by atoms with E-state index < -0.39 is 0 Å². The summed E-state index contributed by atoms with van der Waals surface area (Å²) in [6.07, 6.45) is 1.15. The van der Waals surface area contributed by atoms with Crippen molar-refractivity contribution in [3.8, 4) is 0 Å². The molecule has 1 aromatic carbocycles. The van der Waals surface area contributed by atoms with Gasteiger partial charge in [-0.25, -0.2) is 0 Å². The van der Waals surface area contributed by atoms with Crippen LogP contribution in [0.25, 0.3) is 0 Å². The van der Waals surface area contributed by atoms with E-state index in [1.807, 2.05) is 18.2 Å². The molecule has 0 aromatic heterocycles. The highest BCUT2D eigenvalue weighted by molar-refractivity contribution is 5.23. The molecule has 2 N–H and O–H groups in total. The zero-order chi connectivity index (χ0) is 12.2. The van der Waals surface area contributed by atoms with E-state index in [9.17, 15) is 0 Å². The van der Waals surface area contributed by atoms with Crippen molar-refractivity contribution in [3.05, 3.63) is 35.9 Å². The first kappa shape index (κ1) is 13.2. The lowest BCUT2D eigenvalue weighted by molar-refractivity contribution is 0.201. The molecule has 2 atom stereocenters. The SMILES string of the molecule is CCC(C)N(C)CC(C)(N)c1ccccc1. The summed E-state index contributed by atoms with van der Waals surface area (Å²) in [6, 6.07) is 10.9. The van der Waals surface area contributed by atoms with E-state index in [1.165, 1.54) is 5.56 Å². The molecular formula is C14H24N2. The second kappa shape index (κ2) is 5.46. The zero-order valence-electron chi connectivity index (χ0n) is 10.9. The smallest absolute Gasteiger partial charge is 0.0509 e. The summed E-state index contributed by atoms with van der Waals surface area (Å²) in [6.45, 7) is 7.42.